The molecule has 0 bridgehead atoms. The van der Waals surface area contributed by atoms with Gasteiger partial charge < -0.3 is 19.9 Å². The third-order valence-corrected chi connectivity index (χ3v) is 4.69. The van der Waals surface area contributed by atoms with Crippen LogP contribution < -0.4 is 5.32 Å². The van der Waals surface area contributed by atoms with Crippen molar-refractivity contribution >= 4 is 17.8 Å². The third-order valence-electron chi connectivity index (χ3n) is 4.69. The molecule has 0 aromatic carbocycles. The SMILES string of the molecule is CCOC(=O)N1CCN(C(=O)c2cc(NC3CCCC3)ncn2)CC1. The molecular weight excluding hydrogens is 322 g/mol. The van der Waals surface area contributed by atoms with Gasteiger partial charge in [-0.05, 0) is 19.8 Å². The molecule has 2 amide bonds. The van der Waals surface area contributed by atoms with Crippen LogP contribution in [-0.2, 0) is 4.74 Å². The van der Waals surface area contributed by atoms with Crippen molar-refractivity contribution in [2.24, 2.45) is 0 Å². The van der Waals surface area contributed by atoms with Gasteiger partial charge in [0.15, 0.2) is 0 Å². The van der Waals surface area contributed by atoms with Gasteiger partial charge in [-0.1, -0.05) is 12.8 Å². The number of nitrogens with one attached hydrogen (secondary N) is 1. The van der Waals surface area contributed by atoms with Crippen LogP contribution in [0.5, 0.6) is 0 Å². The van der Waals surface area contributed by atoms with Gasteiger partial charge in [0.1, 0.15) is 17.8 Å². The molecule has 8 nitrogen and oxygen atoms in total. The molecule has 1 aliphatic carbocycles. The minimum atomic E-state index is -0.320. The highest BCUT2D eigenvalue weighted by Gasteiger charge is 2.26. The summed E-state index contributed by atoms with van der Waals surface area (Å²) in [5.41, 5.74) is 0.389. The number of ether oxygens (including phenoxy) is 1. The minimum Gasteiger partial charge on any atom is -0.450 e. The van der Waals surface area contributed by atoms with Crippen LogP contribution in [-0.4, -0.2) is 70.6 Å². The monoisotopic (exact) mass is 347 g/mol. The van der Waals surface area contributed by atoms with Crippen molar-refractivity contribution in [2.75, 3.05) is 38.1 Å². The molecule has 2 fully saturated rings. The number of carbonyl (C=O) groups is 2. The Morgan fingerprint density at radius 1 is 1.16 bits per heavy atom. The lowest BCUT2D eigenvalue weighted by Crippen LogP contribution is -2.50. The quantitative estimate of drug-likeness (QED) is 0.893. The van der Waals surface area contributed by atoms with Crippen LogP contribution >= 0.6 is 0 Å². The lowest BCUT2D eigenvalue weighted by atomic mass is 10.2. The van der Waals surface area contributed by atoms with Gasteiger partial charge in [-0.2, -0.15) is 0 Å². The summed E-state index contributed by atoms with van der Waals surface area (Å²) in [5, 5.41) is 3.38. The highest BCUT2D eigenvalue weighted by molar-refractivity contribution is 5.93. The summed E-state index contributed by atoms with van der Waals surface area (Å²) < 4.78 is 5.00. The van der Waals surface area contributed by atoms with E-state index >= 15 is 0 Å². The molecule has 1 aliphatic heterocycles. The highest BCUT2D eigenvalue weighted by atomic mass is 16.6. The summed E-state index contributed by atoms with van der Waals surface area (Å²) >= 11 is 0. The first-order valence-electron chi connectivity index (χ1n) is 8.97. The maximum atomic E-state index is 12.7. The summed E-state index contributed by atoms with van der Waals surface area (Å²) in [6, 6.07) is 2.16. The fraction of sp³-hybridized carbons (Fsp3) is 0.647. The number of anilines is 1. The number of amides is 2. The van der Waals surface area contributed by atoms with E-state index in [9.17, 15) is 9.59 Å². The normalized spacial score (nSPS) is 18.3. The fourth-order valence-electron chi connectivity index (χ4n) is 3.30. The van der Waals surface area contributed by atoms with Gasteiger partial charge in [0.05, 0.1) is 6.61 Å². The van der Waals surface area contributed by atoms with Crippen molar-refractivity contribution < 1.29 is 14.3 Å². The van der Waals surface area contributed by atoms with E-state index in [1.807, 2.05) is 0 Å². The first-order valence-corrected chi connectivity index (χ1v) is 8.97. The van der Waals surface area contributed by atoms with Crippen LogP contribution in [0.4, 0.5) is 10.6 Å². The van der Waals surface area contributed by atoms with Gasteiger partial charge in [-0.25, -0.2) is 14.8 Å². The van der Waals surface area contributed by atoms with E-state index in [2.05, 4.69) is 15.3 Å². The van der Waals surface area contributed by atoms with Crippen LogP contribution in [0.2, 0.25) is 0 Å². The Kier molecular flexibility index (Phi) is 5.67. The second-order valence-electron chi connectivity index (χ2n) is 6.39. The molecule has 8 heteroatoms. The van der Waals surface area contributed by atoms with Gasteiger partial charge in [0, 0.05) is 38.3 Å². The van der Waals surface area contributed by atoms with Gasteiger partial charge in [0.2, 0.25) is 0 Å². The number of piperazine rings is 1. The van der Waals surface area contributed by atoms with E-state index in [1.165, 1.54) is 19.2 Å². The van der Waals surface area contributed by atoms with Crippen molar-refractivity contribution in [1.29, 1.82) is 0 Å². The number of hydrogen-bond donors (Lipinski definition) is 1. The largest absolute Gasteiger partial charge is 0.450 e. The maximum Gasteiger partial charge on any atom is 0.409 e. The maximum absolute atomic E-state index is 12.7. The second-order valence-corrected chi connectivity index (χ2v) is 6.39. The average Bonchev–Trinajstić information content (AvgIpc) is 3.15. The summed E-state index contributed by atoms with van der Waals surface area (Å²) in [6.07, 6.45) is 5.86. The predicted molar refractivity (Wildman–Crippen MR) is 92.4 cm³/mol. The molecule has 0 atom stereocenters. The summed E-state index contributed by atoms with van der Waals surface area (Å²) in [5.74, 6) is 0.579. The molecule has 1 saturated heterocycles. The molecule has 3 rings (SSSR count). The minimum absolute atomic E-state index is 0.125. The second kappa shape index (κ2) is 8.13. The van der Waals surface area contributed by atoms with Gasteiger partial charge in [-0.15, -0.1) is 0 Å². The molecular formula is C17H25N5O3. The Morgan fingerprint density at radius 2 is 1.84 bits per heavy atom. The molecule has 0 unspecified atom stereocenters. The molecule has 1 aromatic heterocycles. The number of nitrogens with zero attached hydrogens (tertiary/aromatic N) is 4. The van der Waals surface area contributed by atoms with Crippen LogP contribution in [0.1, 0.15) is 43.1 Å². The Hall–Kier alpha value is -2.38. The lowest BCUT2D eigenvalue weighted by Gasteiger charge is -2.33. The van der Waals surface area contributed by atoms with Crippen LogP contribution in [0, 0.1) is 0 Å². The standard InChI is InChI=1S/C17H25N5O3/c1-2-25-17(24)22-9-7-21(8-10-22)16(23)14-11-15(19-12-18-14)20-13-5-3-4-6-13/h11-13H,2-10H2,1H3,(H,18,19,20). The molecule has 2 heterocycles. The van der Waals surface area contributed by atoms with E-state index in [0.29, 0.717) is 50.3 Å². The number of rotatable bonds is 4. The van der Waals surface area contributed by atoms with Crippen molar-refractivity contribution in [1.82, 2.24) is 19.8 Å². The molecule has 1 aromatic rings. The summed E-state index contributed by atoms with van der Waals surface area (Å²) in [6.45, 7) is 4.05. The van der Waals surface area contributed by atoms with Crippen LogP contribution in [0.15, 0.2) is 12.4 Å². The van der Waals surface area contributed by atoms with Crippen LogP contribution in [0.3, 0.4) is 0 Å². The first-order chi connectivity index (χ1) is 12.2. The first kappa shape index (κ1) is 17.4. The zero-order valence-corrected chi connectivity index (χ0v) is 14.6. The Morgan fingerprint density at radius 3 is 2.52 bits per heavy atom. The van der Waals surface area contributed by atoms with Gasteiger partial charge >= 0.3 is 6.09 Å². The molecule has 0 radical (unpaired) electrons. The zero-order chi connectivity index (χ0) is 17.6. The Bertz CT molecular complexity index is 610. The molecule has 25 heavy (non-hydrogen) atoms. The van der Waals surface area contributed by atoms with Gasteiger partial charge in [-0.3, -0.25) is 4.79 Å². The van der Waals surface area contributed by atoms with E-state index < -0.39 is 0 Å². The third kappa shape index (κ3) is 4.37. The molecule has 1 saturated carbocycles. The zero-order valence-electron chi connectivity index (χ0n) is 14.6. The van der Waals surface area contributed by atoms with Crippen LogP contribution in [0.25, 0.3) is 0 Å². The van der Waals surface area contributed by atoms with Crippen molar-refractivity contribution in [3.8, 4) is 0 Å². The Labute approximate surface area is 147 Å². The topological polar surface area (TPSA) is 87.7 Å². The predicted octanol–water partition coefficient (Wildman–Crippen LogP) is 1.75. The van der Waals surface area contributed by atoms with Crippen molar-refractivity contribution in [3.05, 3.63) is 18.1 Å². The number of hydrogen-bond acceptors (Lipinski definition) is 6. The summed E-state index contributed by atoms with van der Waals surface area (Å²) in [7, 11) is 0. The molecule has 1 N–H and O–H groups in total. The van der Waals surface area contributed by atoms with Crippen molar-refractivity contribution in [3.63, 3.8) is 0 Å². The summed E-state index contributed by atoms with van der Waals surface area (Å²) in [4.78, 5) is 36.1. The smallest absolute Gasteiger partial charge is 0.409 e. The average molecular weight is 347 g/mol. The highest BCUT2D eigenvalue weighted by Crippen LogP contribution is 2.21. The molecule has 136 valence electrons. The molecule has 0 spiro atoms. The lowest BCUT2D eigenvalue weighted by molar-refractivity contribution is 0.0566. The Balaban J connectivity index is 1.57. The van der Waals surface area contributed by atoms with E-state index in [-0.39, 0.29) is 12.0 Å². The van der Waals surface area contributed by atoms with Gasteiger partial charge in [0.25, 0.3) is 5.91 Å². The number of carbonyl (C=O) groups excluding carboxylic acids is 2. The molecule has 2 aliphatic rings. The van der Waals surface area contributed by atoms with E-state index in [1.54, 1.807) is 22.8 Å². The van der Waals surface area contributed by atoms with Crippen molar-refractivity contribution in [2.45, 2.75) is 38.6 Å². The van der Waals surface area contributed by atoms with E-state index in [0.717, 1.165) is 12.8 Å². The van der Waals surface area contributed by atoms with E-state index in [4.69, 9.17) is 4.74 Å². The number of aromatic nitrogens is 2. The fourth-order valence-corrected chi connectivity index (χ4v) is 3.30.